The lowest BCUT2D eigenvalue weighted by Crippen LogP contribution is -2.40. The van der Waals surface area contributed by atoms with Crippen LogP contribution in [0.5, 0.6) is 0 Å². The molecule has 9 nitrogen and oxygen atoms in total. The van der Waals surface area contributed by atoms with E-state index in [1.54, 1.807) is 7.05 Å². The molecular weight excluding hydrogens is 378 g/mol. The molecule has 1 N–H and O–H groups in total. The van der Waals surface area contributed by atoms with Gasteiger partial charge in [0.2, 0.25) is 0 Å². The van der Waals surface area contributed by atoms with Crippen molar-refractivity contribution in [2.75, 3.05) is 20.6 Å². The van der Waals surface area contributed by atoms with E-state index in [4.69, 9.17) is 0 Å². The number of aryl methyl sites for hydroxylation is 1. The van der Waals surface area contributed by atoms with E-state index in [2.05, 4.69) is 42.0 Å². The van der Waals surface area contributed by atoms with Crippen molar-refractivity contribution in [1.82, 2.24) is 24.6 Å². The molecule has 2 aromatic rings. The number of halogens is 1. The summed E-state index contributed by atoms with van der Waals surface area (Å²) in [6.45, 7) is 1.78. The zero-order chi connectivity index (χ0) is 17.7. The molecule has 0 radical (unpaired) electrons. The molecule has 2 aromatic heterocycles. The molecule has 0 spiro atoms. The Bertz CT molecular complexity index is 737. The van der Waals surface area contributed by atoms with Crippen molar-refractivity contribution in [2.45, 2.75) is 13.1 Å². The summed E-state index contributed by atoms with van der Waals surface area (Å²) in [6.07, 6.45) is 4.66. The Morgan fingerprint density at radius 2 is 2.29 bits per heavy atom. The molecule has 0 fully saturated rings. The summed E-state index contributed by atoms with van der Waals surface area (Å²) in [5.41, 5.74) is 1.14. The van der Waals surface area contributed by atoms with Crippen LogP contribution < -0.4 is 5.32 Å². The van der Waals surface area contributed by atoms with Gasteiger partial charge in [0.25, 0.3) is 0 Å². The molecule has 0 bridgehead atoms. The van der Waals surface area contributed by atoms with Crippen molar-refractivity contribution in [1.29, 1.82) is 0 Å². The number of hydrogen-bond donors (Lipinski definition) is 1. The number of guanidine groups is 1. The molecule has 2 rings (SSSR count). The van der Waals surface area contributed by atoms with E-state index in [-0.39, 0.29) is 5.69 Å². The molecule has 0 unspecified atom stereocenters. The maximum Gasteiger partial charge on any atom is 0.306 e. The minimum absolute atomic E-state index is 0.00853. The Kier molecular flexibility index (Phi) is 5.96. The van der Waals surface area contributed by atoms with Gasteiger partial charge in [-0.25, -0.2) is 0 Å². The van der Waals surface area contributed by atoms with Crippen molar-refractivity contribution < 1.29 is 4.92 Å². The van der Waals surface area contributed by atoms with Crippen molar-refractivity contribution in [2.24, 2.45) is 12.0 Å². The normalized spacial score (nSPS) is 11.6. The van der Waals surface area contributed by atoms with Crippen LogP contribution in [-0.4, -0.2) is 50.8 Å². The van der Waals surface area contributed by atoms with E-state index in [1.165, 1.54) is 17.1 Å². The lowest BCUT2D eigenvalue weighted by Gasteiger charge is -2.22. The highest BCUT2D eigenvalue weighted by atomic mass is 79.9. The van der Waals surface area contributed by atoms with Crippen LogP contribution in [0.15, 0.2) is 34.1 Å². The Labute approximate surface area is 148 Å². The fourth-order valence-corrected chi connectivity index (χ4v) is 2.85. The predicted molar refractivity (Wildman–Crippen MR) is 94.8 cm³/mol. The molecular formula is C14H20BrN7O2. The van der Waals surface area contributed by atoms with Crippen LogP contribution in [0.2, 0.25) is 0 Å². The second-order valence-corrected chi connectivity index (χ2v) is 6.23. The maximum atomic E-state index is 10.6. The summed E-state index contributed by atoms with van der Waals surface area (Å²) in [5.74, 6) is 0.744. The minimum atomic E-state index is -0.457. The molecule has 2 heterocycles. The van der Waals surface area contributed by atoms with Crippen LogP contribution in [0.3, 0.4) is 0 Å². The molecule has 0 saturated carbocycles. The lowest BCUT2D eigenvalue weighted by atomic mass is 10.4. The van der Waals surface area contributed by atoms with Gasteiger partial charge in [-0.2, -0.15) is 5.10 Å². The molecule has 0 saturated heterocycles. The molecule has 24 heavy (non-hydrogen) atoms. The van der Waals surface area contributed by atoms with Gasteiger partial charge in [-0.05, 0) is 22.0 Å². The first-order valence-electron chi connectivity index (χ1n) is 7.30. The van der Waals surface area contributed by atoms with Gasteiger partial charge < -0.3 is 14.8 Å². The molecule has 0 atom stereocenters. The SMILES string of the molecule is CN=C(NCCn1cc([N+](=O)[O-])cn1)N(C)Cc1cc(Br)cn1C. The fourth-order valence-electron chi connectivity index (χ4n) is 2.28. The fraction of sp³-hybridized carbons (Fsp3) is 0.429. The summed E-state index contributed by atoms with van der Waals surface area (Å²) in [5, 5.41) is 17.8. The number of rotatable bonds is 6. The average Bonchev–Trinajstić information content (AvgIpc) is 3.10. The summed E-state index contributed by atoms with van der Waals surface area (Å²) in [6, 6.07) is 2.06. The van der Waals surface area contributed by atoms with E-state index < -0.39 is 4.92 Å². The van der Waals surface area contributed by atoms with Crippen molar-refractivity contribution >= 4 is 27.6 Å². The van der Waals surface area contributed by atoms with Crippen molar-refractivity contribution in [3.8, 4) is 0 Å². The van der Waals surface area contributed by atoms with E-state index in [0.29, 0.717) is 19.6 Å². The second kappa shape index (κ2) is 7.95. The number of nitro groups is 1. The number of aromatic nitrogens is 3. The van der Waals surface area contributed by atoms with Crippen LogP contribution in [0.4, 0.5) is 5.69 Å². The van der Waals surface area contributed by atoms with Crippen molar-refractivity contribution in [3.05, 3.63) is 44.9 Å². The Morgan fingerprint density at radius 3 is 2.83 bits per heavy atom. The van der Waals surface area contributed by atoms with Crippen LogP contribution >= 0.6 is 15.9 Å². The van der Waals surface area contributed by atoms with Gasteiger partial charge in [0.15, 0.2) is 5.96 Å². The number of aliphatic imine (C=N–C) groups is 1. The Balaban J connectivity index is 1.87. The highest BCUT2D eigenvalue weighted by molar-refractivity contribution is 9.10. The summed E-state index contributed by atoms with van der Waals surface area (Å²) in [7, 11) is 5.67. The van der Waals surface area contributed by atoms with Crippen LogP contribution in [-0.2, 0) is 20.1 Å². The second-order valence-electron chi connectivity index (χ2n) is 5.31. The smallest absolute Gasteiger partial charge is 0.306 e. The van der Waals surface area contributed by atoms with Gasteiger partial charge in [0.05, 0.1) is 18.0 Å². The van der Waals surface area contributed by atoms with E-state index in [1.807, 2.05) is 25.2 Å². The highest BCUT2D eigenvalue weighted by Gasteiger charge is 2.11. The van der Waals surface area contributed by atoms with E-state index >= 15 is 0 Å². The first kappa shape index (κ1) is 18.0. The molecule has 0 aliphatic rings. The summed E-state index contributed by atoms with van der Waals surface area (Å²) in [4.78, 5) is 16.4. The molecule has 0 amide bonds. The topological polar surface area (TPSA) is 93.5 Å². The summed E-state index contributed by atoms with van der Waals surface area (Å²) >= 11 is 3.46. The third-order valence-electron chi connectivity index (χ3n) is 3.50. The Hall–Kier alpha value is -2.36. The van der Waals surface area contributed by atoms with Gasteiger partial charge >= 0.3 is 5.69 Å². The lowest BCUT2D eigenvalue weighted by molar-refractivity contribution is -0.385. The minimum Gasteiger partial charge on any atom is -0.354 e. The van der Waals surface area contributed by atoms with Crippen molar-refractivity contribution in [3.63, 3.8) is 0 Å². The standard InChI is InChI=1S/C14H20BrN7O2/c1-16-14(20(3)9-12-6-11(15)8-19(12)2)17-4-5-21-10-13(7-18-21)22(23)24/h6-8,10H,4-5,9H2,1-3H3,(H,16,17). The van der Waals surface area contributed by atoms with Gasteiger partial charge in [-0.15, -0.1) is 0 Å². The monoisotopic (exact) mass is 397 g/mol. The average molecular weight is 398 g/mol. The molecule has 0 aliphatic heterocycles. The summed E-state index contributed by atoms with van der Waals surface area (Å²) < 4.78 is 4.63. The number of hydrogen-bond acceptors (Lipinski definition) is 4. The first-order chi connectivity index (χ1) is 11.4. The van der Waals surface area contributed by atoms with Gasteiger partial charge in [0, 0.05) is 44.1 Å². The van der Waals surface area contributed by atoms with E-state index in [0.717, 1.165) is 16.1 Å². The first-order valence-corrected chi connectivity index (χ1v) is 8.09. The quantitative estimate of drug-likeness (QED) is 0.345. The van der Waals surface area contributed by atoms with Gasteiger partial charge in [0.1, 0.15) is 12.4 Å². The maximum absolute atomic E-state index is 10.6. The van der Waals surface area contributed by atoms with Gasteiger partial charge in [-0.1, -0.05) is 0 Å². The van der Waals surface area contributed by atoms with Crippen LogP contribution in [0.25, 0.3) is 0 Å². The zero-order valence-electron chi connectivity index (χ0n) is 13.8. The van der Waals surface area contributed by atoms with E-state index in [9.17, 15) is 10.1 Å². The third kappa shape index (κ3) is 4.57. The predicted octanol–water partition coefficient (Wildman–Crippen LogP) is 1.60. The molecule has 0 aliphatic carbocycles. The van der Waals surface area contributed by atoms with Crippen LogP contribution in [0, 0.1) is 10.1 Å². The number of nitrogens with zero attached hydrogens (tertiary/aromatic N) is 6. The molecule has 130 valence electrons. The van der Waals surface area contributed by atoms with Crippen LogP contribution in [0.1, 0.15) is 5.69 Å². The Morgan fingerprint density at radius 1 is 1.54 bits per heavy atom. The largest absolute Gasteiger partial charge is 0.354 e. The molecule has 10 heteroatoms. The zero-order valence-corrected chi connectivity index (χ0v) is 15.4. The highest BCUT2D eigenvalue weighted by Crippen LogP contribution is 2.15. The van der Waals surface area contributed by atoms with Gasteiger partial charge in [-0.3, -0.25) is 19.8 Å². The molecule has 0 aromatic carbocycles. The third-order valence-corrected chi connectivity index (χ3v) is 3.94. The number of nitrogens with one attached hydrogen (secondary N) is 1.